The monoisotopic (exact) mass is 551 g/mol. The van der Waals surface area contributed by atoms with Crippen molar-refractivity contribution in [2.24, 2.45) is 28.4 Å². The van der Waals surface area contributed by atoms with Crippen LogP contribution in [-0.4, -0.2) is 71.2 Å². The zero-order valence-electron chi connectivity index (χ0n) is 23.0. The summed E-state index contributed by atoms with van der Waals surface area (Å²) in [5.74, 6) is -4.18. The van der Waals surface area contributed by atoms with Gasteiger partial charge in [0, 0.05) is 23.2 Å². The maximum atomic E-state index is 17.4. The number of hydrogen-bond donors (Lipinski definition) is 2. The number of unbranched alkanes of at least 4 members (excludes halogenated alkanes) is 1. The van der Waals surface area contributed by atoms with Gasteiger partial charge in [0.15, 0.2) is 29.4 Å². The van der Waals surface area contributed by atoms with Gasteiger partial charge in [-0.2, -0.15) is 0 Å². The number of fused-ring (bicyclic) bond motifs is 7. The number of esters is 1. The van der Waals surface area contributed by atoms with Crippen LogP contribution >= 0.6 is 0 Å². The molecule has 0 amide bonds. The van der Waals surface area contributed by atoms with Crippen molar-refractivity contribution in [1.82, 2.24) is 0 Å². The number of ether oxygens (including phenoxy) is 3. The molecule has 5 rings (SSSR count). The van der Waals surface area contributed by atoms with Crippen molar-refractivity contribution in [2.75, 3.05) is 13.2 Å². The van der Waals surface area contributed by atoms with Crippen LogP contribution < -0.4 is 5.73 Å². The molecular formula is C29H39F2NO7. The number of aliphatic hydroxyl groups excluding tert-OH is 1. The Balaban J connectivity index is 1.50. The summed E-state index contributed by atoms with van der Waals surface area (Å²) in [5.41, 5.74) is -1.06. The number of Topliss-reactive ketones (excluding diaryl/α,β-unsaturated/α-hetero) is 1. The van der Waals surface area contributed by atoms with E-state index in [0.29, 0.717) is 19.4 Å². The number of rotatable bonds is 7. The Labute approximate surface area is 227 Å². The Morgan fingerprint density at radius 2 is 1.90 bits per heavy atom. The quantitative estimate of drug-likeness (QED) is 0.365. The second-order valence-electron chi connectivity index (χ2n) is 12.8. The normalized spacial score (nSPS) is 45.6. The number of allylic oxidation sites excluding steroid dienone is 4. The Morgan fingerprint density at radius 3 is 2.59 bits per heavy atom. The van der Waals surface area contributed by atoms with Crippen molar-refractivity contribution in [3.8, 4) is 0 Å². The summed E-state index contributed by atoms with van der Waals surface area (Å²) >= 11 is 0. The molecule has 0 radical (unpaired) electrons. The summed E-state index contributed by atoms with van der Waals surface area (Å²) in [6.45, 7) is 6.55. The number of aliphatic hydroxyl groups is 1. The van der Waals surface area contributed by atoms with Gasteiger partial charge in [-0.3, -0.25) is 14.4 Å². The van der Waals surface area contributed by atoms with Crippen LogP contribution in [0.1, 0.15) is 66.2 Å². The summed E-state index contributed by atoms with van der Waals surface area (Å²) < 4.78 is 51.0. The molecule has 1 aliphatic heterocycles. The van der Waals surface area contributed by atoms with E-state index in [1.54, 1.807) is 20.8 Å². The third kappa shape index (κ3) is 3.85. The molecule has 3 saturated carbocycles. The van der Waals surface area contributed by atoms with Crippen molar-refractivity contribution in [1.29, 1.82) is 0 Å². The average Bonchev–Trinajstić information content (AvgIpc) is 3.27. The Morgan fingerprint density at radius 1 is 1.18 bits per heavy atom. The molecule has 10 heteroatoms. The average molecular weight is 552 g/mol. The standard InChI is InChI=1S/C29H39F2NO7/c1-25(2)38-23-13-17-18-12-20(30)19-11-16(33)8-9-26(19,3)28(18,31)21(34)14-27(17,4)29(23,39-25)22(35)15-37-24(36)7-5-6-10-32/h8-9,11,17-18,20-21,23,34H,5-7,10,12-15,32H2,1-4H3/t17-,18-,20-,21-,23+,26-,27-,28-,29+/m0/s1. The largest absolute Gasteiger partial charge is 0.458 e. The van der Waals surface area contributed by atoms with Crippen molar-refractivity contribution in [2.45, 2.75) is 102 Å². The van der Waals surface area contributed by atoms with Crippen molar-refractivity contribution < 1.29 is 42.5 Å². The molecule has 4 fully saturated rings. The number of halogens is 2. The van der Waals surface area contributed by atoms with Crippen molar-refractivity contribution >= 4 is 17.5 Å². The Bertz CT molecular complexity index is 1140. The predicted octanol–water partition coefficient (Wildman–Crippen LogP) is 3.05. The number of carbonyl (C=O) groups is 3. The summed E-state index contributed by atoms with van der Waals surface area (Å²) in [5, 5.41) is 11.6. The lowest BCUT2D eigenvalue weighted by Gasteiger charge is -2.63. The molecule has 0 aromatic carbocycles. The maximum absolute atomic E-state index is 17.4. The van der Waals surface area contributed by atoms with E-state index in [1.165, 1.54) is 19.1 Å². The summed E-state index contributed by atoms with van der Waals surface area (Å²) in [4.78, 5) is 38.3. The number of alkyl halides is 2. The minimum absolute atomic E-state index is 0.0376. The van der Waals surface area contributed by atoms with E-state index >= 15 is 8.78 Å². The molecule has 216 valence electrons. The van der Waals surface area contributed by atoms with Gasteiger partial charge in [0.25, 0.3) is 0 Å². The van der Waals surface area contributed by atoms with Crippen LogP contribution in [-0.2, 0) is 28.6 Å². The molecule has 1 saturated heterocycles. The number of hydrogen-bond acceptors (Lipinski definition) is 8. The fraction of sp³-hybridized carbons (Fsp3) is 0.759. The van der Waals surface area contributed by atoms with E-state index in [4.69, 9.17) is 19.9 Å². The first-order valence-electron chi connectivity index (χ1n) is 13.9. The van der Waals surface area contributed by atoms with E-state index in [9.17, 15) is 19.5 Å². The van der Waals surface area contributed by atoms with Crippen molar-refractivity contribution in [3.05, 3.63) is 23.8 Å². The highest BCUT2D eigenvalue weighted by molar-refractivity contribution is 6.01. The molecule has 8 nitrogen and oxygen atoms in total. The smallest absolute Gasteiger partial charge is 0.306 e. The minimum Gasteiger partial charge on any atom is -0.458 e. The van der Waals surface area contributed by atoms with Gasteiger partial charge in [-0.25, -0.2) is 8.78 Å². The number of ketones is 2. The summed E-state index contributed by atoms with van der Waals surface area (Å²) in [6.07, 6.45) is 0.905. The van der Waals surface area contributed by atoms with E-state index in [1.807, 2.05) is 0 Å². The van der Waals surface area contributed by atoms with Gasteiger partial charge in [0.1, 0.15) is 6.17 Å². The SMILES string of the molecule is CC1(C)O[C@@H]2C[C@H]3[C@@H]4C[C@H](F)C5=CC(=O)C=C[C@]5(C)[C@@]4(F)[C@@H](O)C[C@]3(C)[C@]2(C(=O)COC(=O)CCCCN)O1. The molecule has 39 heavy (non-hydrogen) atoms. The molecular weight excluding hydrogens is 512 g/mol. The first-order valence-corrected chi connectivity index (χ1v) is 13.9. The molecule has 3 N–H and O–H groups in total. The number of carbonyl (C=O) groups excluding carboxylic acids is 3. The van der Waals surface area contributed by atoms with Crippen LogP contribution in [0.25, 0.3) is 0 Å². The predicted molar refractivity (Wildman–Crippen MR) is 136 cm³/mol. The molecule has 4 aliphatic carbocycles. The van der Waals surface area contributed by atoms with E-state index in [-0.39, 0.29) is 31.3 Å². The fourth-order valence-corrected chi connectivity index (χ4v) is 8.54. The molecule has 9 atom stereocenters. The second kappa shape index (κ2) is 9.26. The Hall–Kier alpha value is -2.01. The highest BCUT2D eigenvalue weighted by Gasteiger charge is 2.80. The van der Waals surface area contributed by atoms with Gasteiger partial charge in [0.2, 0.25) is 5.78 Å². The third-order valence-electron chi connectivity index (χ3n) is 10.2. The van der Waals surface area contributed by atoms with Gasteiger partial charge in [0.05, 0.1) is 12.2 Å². The Kier molecular flexibility index (Phi) is 6.77. The van der Waals surface area contributed by atoms with Crippen LogP contribution in [0.5, 0.6) is 0 Å². The molecule has 0 unspecified atom stereocenters. The highest BCUT2D eigenvalue weighted by Crippen LogP contribution is 2.72. The topological polar surface area (TPSA) is 125 Å². The van der Waals surface area contributed by atoms with Crippen LogP contribution in [0.4, 0.5) is 8.78 Å². The van der Waals surface area contributed by atoms with Gasteiger partial charge in [-0.1, -0.05) is 13.0 Å². The first kappa shape index (κ1) is 28.5. The fourth-order valence-electron chi connectivity index (χ4n) is 8.54. The lowest BCUT2D eigenvalue weighted by Crippen LogP contribution is -2.71. The zero-order chi connectivity index (χ0) is 28.6. The van der Waals surface area contributed by atoms with E-state index in [2.05, 4.69) is 0 Å². The van der Waals surface area contributed by atoms with Crippen LogP contribution in [0.15, 0.2) is 23.8 Å². The second-order valence-corrected chi connectivity index (χ2v) is 12.8. The molecule has 5 aliphatic rings. The van der Waals surface area contributed by atoms with Gasteiger partial charge >= 0.3 is 5.97 Å². The minimum atomic E-state index is -2.28. The molecule has 0 aromatic heterocycles. The summed E-state index contributed by atoms with van der Waals surface area (Å²) in [7, 11) is 0. The van der Waals surface area contributed by atoms with Gasteiger partial charge in [-0.15, -0.1) is 0 Å². The maximum Gasteiger partial charge on any atom is 0.306 e. The van der Waals surface area contributed by atoms with Crippen LogP contribution in [0, 0.1) is 22.7 Å². The zero-order valence-corrected chi connectivity index (χ0v) is 23.0. The van der Waals surface area contributed by atoms with E-state index < -0.39 is 82.2 Å². The van der Waals surface area contributed by atoms with Gasteiger partial charge in [-0.05, 0) is 83.1 Å². The van der Waals surface area contributed by atoms with Gasteiger partial charge < -0.3 is 25.1 Å². The van der Waals surface area contributed by atoms with Crippen molar-refractivity contribution in [3.63, 3.8) is 0 Å². The lowest BCUT2D eigenvalue weighted by molar-refractivity contribution is -0.249. The third-order valence-corrected chi connectivity index (χ3v) is 10.2. The number of nitrogens with two attached hydrogens (primary N) is 1. The van der Waals surface area contributed by atoms with E-state index in [0.717, 1.165) is 6.08 Å². The first-order chi connectivity index (χ1) is 18.2. The molecule has 0 aromatic rings. The molecule has 0 bridgehead atoms. The summed E-state index contributed by atoms with van der Waals surface area (Å²) in [6, 6.07) is 0. The molecule has 1 heterocycles. The molecule has 0 spiro atoms. The van der Waals surface area contributed by atoms with Crippen LogP contribution in [0.2, 0.25) is 0 Å². The van der Waals surface area contributed by atoms with Crippen LogP contribution in [0.3, 0.4) is 0 Å². The lowest BCUT2D eigenvalue weighted by atomic mass is 9.44. The highest BCUT2D eigenvalue weighted by atomic mass is 19.1.